The molecular weight excluding hydrogens is 310 g/mol. The maximum absolute atomic E-state index is 5.49. The molecule has 0 aliphatic carbocycles. The van der Waals surface area contributed by atoms with Gasteiger partial charge in [-0.25, -0.2) is 9.97 Å². The number of aromatic nitrogens is 2. The SMILES string of the molecule is CCN1CC(ON=C2CN(c3ncc(Br)cn3)C2)C1. The molecule has 2 aliphatic heterocycles. The third kappa shape index (κ3) is 2.87. The van der Waals surface area contributed by atoms with Crippen molar-refractivity contribution in [3.8, 4) is 0 Å². The third-order valence-corrected chi connectivity index (χ3v) is 3.75. The van der Waals surface area contributed by atoms with Gasteiger partial charge in [0.05, 0.1) is 23.3 Å². The zero-order chi connectivity index (χ0) is 13.2. The molecule has 2 saturated heterocycles. The molecule has 2 fully saturated rings. The highest BCUT2D eigenvalue weighted by molar-refractivity contribution is 9.10. The lowest BCUT2D eigenvalue weighted by molar-refractivity contribution is -0.0507. The van der Waals surface area contributed by atoms with Gasteiger partial charge in [-0.3, -0.25) is 4.90 Å². The molecule has 0 saturated carbocycles. The van der Waals surface area contributed by atoms with E-state index in [-0.39, 0.29) is 6.10 Å². The molecule has 7 heteroatoms. The van der Waals surface area contributed by atoms with Crippen molar-refractivity contribution in [2.45, 2.75) is 13.0 Å². The molecule has 0 amide bonds. The van der Waals surface area contributed by atoms with Crippen LogP contribution >= 0.6 is 15.9 Å². The van der Waals surface area contributed by atoms with Crippen molar-refractivity contribution < 1.29 is 4.84 Å². The highest BCUT2D eigenvalue weighted by Gasteiger charge is 2.29. The minimum absolute atomic E-state index is 0.269. The molecule has 0 radical (unpaired) electrons. The quantitative estimate of drug-likeness (QED) is 0.777. The van der Waals surface area contributed by atoms with Crippen molar-refractivity contribution >= 4 is 27.6 Å². The van der Waals surface area contributed by atoms with Gasteiger partial charge in [-0.15, -0.1) is 0 Å². The lowest BCUT2D eigenvalue weighted by Crippen LogP contribution is -2.52. The number of hydrogen-bond donors (Lipinski definition) is 0. The van der Waals surface area contributed by atoms with E-state index in [1.165, 1.54) is 0 Å². The summed E-state index contributed by atoms with van der Waals surface area (Å²) in [5.41, 5.74) is 1.06. The van der Waals surface area contributed by atoms with Crippen molar-refractivity contribution in [1.82, 2.24) is 14.9 Å². The Bertz CT molecular complexity index is 464. The van der Waals surface area contributed by atoms with Crippen LogP contribution < -0.4 is 4.90 Å². The van der Waals surface area contributed by atoms with E-state index in [9.17, 15) is 0 Å². The lowest BCUT2D eigenvalue weighted by Gasteiger charge is -2.37. The van der Waals surface area contributed by atoms with Gasteiger partial charge < -0.3 is 9.74 Å². The van der Waals surface area contributed by atoms with Crippen LogP contribution in [-0.4, -0.2) is 59.4 Å². The highest BCUT2D eigenvalue weighted by atomic mass is 79.9. The Morgan fingerprint density at radius 3 is 2.68 bits per heavy atom. The highest BCUT2D eigenvalue weighted by Crippen LogP contribution is 2.17. The summed E-state index contributed by atoms with van der Waals surface area (Å²) in [5.74, 6) is 0.739. The summed E-state index contributed by atoms with van der Waals surface area (Å²) in [6, 6.07) is 0. The van der Waals surface area contributed by atoms with E-state index in [1.54, 1.807) is 12.4 Å². The number of anilines is 1. The standard InChI is InChI=1S/C12H16BrN5O/c1-2-17-7-11(8-17)19-16-10-5-18(6-10)12-14-3-9(13)4-15-12/h3-4,11H,2,5-8H2,1H3. The van der Waals surface area contributed by atoms with E-state index in [4.69, 9.17) is 4.84 Å². The van der Waals surface area contributed by atoms with Gasteiger partial charge in [0.25, 0.3) is 0 Å². The molecule has 19 heavy (non-hydrogen) atoms. The first-order valence-corrected chi connectivity index (χ1v) is 7.20. The van der Waals surface area contributed by atoms with Gasteiger partial charge in [-0.05, 0) is 22.5 Å². The number of halogens is 1. The monoisotopic (exact) mass is 325 g/mol. The van der Waals surface area contributed by atoms with Crippen molar-refractivity contribution in [2.24, 2.45) is 5.16 Å². The van der Waals surface area contributed by atoms with Crippen LogP contribution in [0, 0.1) is 0 Å². The summed E-state index contributed by atoms with van der Waals surface area (Å²) in [6.45, 7) is 6.74. The Kier molecular flexibility index (Phi) is 3.65. The fraction of sp³-hybridized carbons (Fsp3) is 0.583. The molecule has 102 valence electrons. The van der Waals surface area contributed by atoms with Gasteiger partial charge in [0.15, 0.2) is 6.10 Å². The van der Waals surface area contributed by atoms with Crippen LogP contribution in [0.4, 0.5) is 5.95 Å². The van der Waals surface area contributed by atoms with Crippen LogP contribution in [0.5, 0.6) is 0 Å². The number of oxime groups is 1. The molecule has 0 bridgehead atoms. The van der Waals surface area contributed by atoms with Crippen molar-refractivity contribution in [1.29, 1.82) is 0 Å². The van der Waals surface area contributed by atoms with E-state index in [2.05, 4.69) is 47.8 Å². The maximum Gasteiger partial charge on any atom is 0.226 e. The fourth-order valence-corrected chi connectivity index (χ4v) is 2.26. The number of likely N-dealkylation sites (N-methyl/N-ethyl adjacent to an activating group) is 1. The lowest BCUT2D eigenvalue weighted by atomic mass is 10.2. The Morgan fingerprint density at radius 2 is 2.05 bits per heavy atom. The maximum atomic E-state index is 5.49. The second-order valence-electron chi connectivity index (χ2n) is 4.79. The average Bonchev–Trinajstić information content (AvgIpc) is 2.31. The molecule has 1 aromatic heterocycles. The summed E-state index contributed by atoms with van der Waals surface area (Å²) < 4.78 is 0.888. The molecule has 6 nitrogen and oxygen atoms in total. The van der Waals surface area contributed by atoms with Gasteiger partial charge in [0, 0.05) is 25.5 Å². The summed E-state index contributed by atoms with van der Waals surface area (Å²) in [7, 11) is 0. The van der Waals surface area contributed by atoms with E-state index in [0.29, 0.717) is 0 Å². The summed E-state index contributed by atoms with van der Waals surface area (Å²) in [4.78, 5) is 18.4. The van der Waals surface area contributed by atoms with Crippen LogP contribution in [0.15, 0.2) is 22.0 Å². The minimum Gasteiger partial charge on any atom is -0.390 e. The smallest absolute Gasteiger partial charge is 0.226 e. The van der Waals surface area contributed by atoms with Crippen LogP contribution in [0.2, 0.25) is 0 Å². The van der Waals surface area contributed by atoms with Crippen LogP contribution in [0.3, 0.4) is 0 Å². The molecule has 0 spiro atoms. The topological polar surface area (TPSA) is 53.9 Å². The Labute approximate surface area is 120 Å². The van der Waals surface area contributed by atoms with Gasteiger partial charge in [-0.2, -0.15) is 0 Å². The van der Waals surface area contributed by atoms with E-state index in [1.807, 2.05) is 0 Å². The van der Waals surface area contributed by atoms with Crippen LogP contribution in [0.1, 0.15) is 6.92 Å². The normalized spacial score (nSPS) is 19.9. The minimum atomic E-state index is 0.269. The molecule has 3 heterocycles. The summed E-state index contributed by atoms with van der Waals surface area (Å²) >= 11 is 3.32. The molecule has 0 unspecified atom stereocenters. The van der Waals surface area contributed by atoms with Crippen molar-refractivity contribution in [3.63, 3.8) is 0 Å². The molecule has 2 aliphatic rings. The molecule has 0 aromatic carbocycles. The van der Waals surface area contributed by atoms with E-state index in [0.717, 1.165) is 48.9 Å². The van der Waals surface area contributed by atoms with Crippen molar-refractivity contribution in [2.75, 3.05) is 37.6 Å². The molecule has 0 atom stereocenters. The second kappa shape index (κ2) is 5.42. The second-order valence-corrected chi connectivity index (χ2v) is 5.71. The predicted molar refractivity (Wildman–Crippen MR) is 76.4 cm³/mol. The number of likely N-dealkylation sites (tertiary alicyclic amines) is 1. The van der Waals surface area contributed by atoms with Gasteiger partial charge in [0.2, 0.25) is 5.95 Å². The Hall–Kier alpha value is -1.21. The van der Waals surface area contributed by atoms with E-state index < -0.39 is 0 Å². The average molecular weight is 326 g/mol. The Morgan fingerprint density at radius 1 is 1.37 bits per heavy atom. The number of nitrogens with zero attached hydrogens (tertiary/aromatic N) is 5. The first-order chi connectivity index (χ1) is 9.24. The van der Waals surface area contributed by atoms with Crippen LogP contribution in [-0.2, 0) is 4.84 Å². The van der Waals surface area contributed by atoms with Crippen LogP contribution in [0.25, 0.3) is 0 Å². The largest absolute Gasteiger partial charge is 0.390 e. The third-order valence-electron chi connectivity index (χ3n) is 3.34. The van der Waals surface area contributed by atoms with Gasteiger partial charge >= 0.3 is 0 Å². The molecular formula is C12H16BrN5O. The summed E-state index contributed by atoms with van der Waals surface area (Å²) in [6.07, 6.45) is 3.77. The molecule has 3 rings (SSSR count). The molecule has 1 aromatic rings. The van der Waals surface area contributed by atoms with E-state index >= 15 is 0 Å². The Balaban J connectivity index is 1.44. The predicted octanol–water partition coefficient (Wildman–Crippen LogP) is 1.14. The fourth-order valence-electron chi connectivity index (χ4n) is 2.06. The van der Waals surface area contributed by atoms with Crippen molar-refractivity contribution in [3.05, 3.63) is 16.9 Å². The number of hydrogen-bond acceptors (Lipinski definition) is 6. The van der Waals surface area contributed by atoms with Gasteiger partial charge in [0.1, 0.15) is 0 Å². The number of rotatable bonds is 4. The summed E-state index contributed by atoms with van der Waals surface area (Å²) in [5, 5.41) is 4.20. The first-order valence-electron chi connectivity index (χ1n) is 6.41. The zero-order valence-corrected chi connectivity index (χ0v) is 12.4. The van der Waals surface area contributed by atoms with Gasteiger partial charge in [-0.1, -0.05) is 12.1 Å². The zero-order valence-electron chi connectivity index (χ0n) is 10.8. The molecule has 0 N–H and O–H groups in total. The first kappa shape index (κ1) is 12.8.